The standard InChI is InChI=1S/C23H18F4N4O2/c24-15-5-3-4-14(21(15)16-6-1-2-9-28-16)22(32)31-13-7-8-17(31)18(10-13)33-20-12-29-19(11-30-20)23(25,26)27/h1-6,9,11-13,17-18H,7-8,10H2/t13-,17+,18-/m1/s1. The van der Waals surface area contributed by atoms with E-state index in [0.717, 1.165) is 12.6 Å². The third-order valence-electron chi connectivity index (χ3n) is 6.07. The molecular formula is C23H18F4N4O2. The Morgan fingerprint density at radius 1 is 1.03 bits per heavy atom. The number of halogens is 4. The summed E-state index contributed by atoms with van der Waals surface area (Å²) in [6.07, 6.45) is 0.0111. The number of hydrogen-bond acceptors (Lipinski definition) is 5. The number of benzene rings is 1. The third-order valence-corrected chi connectivity index (χ3v) is 6.07. The highest BCUT2D eigenvalue weighted by Gasteiger charge is 2.50. The lowest BCUT2D eigenvalue weighted by Crippen LogP contribution is -2.39. The van der Waals surface area contributed by atoms with Crippen molar-refractivity contribution < 1.29 is 27.1 Å². The van der Waals surface area contributed by atoms with Gasteiger partial charge in [0.05, 0.1) is 29.7 Å². The van der Waals surface area contributed by atoms with E-state index in [4.69, 9.17) is 4.74 Å². The second-order valence-electron chi connectivity index (χ2n) is 8.02. The van der Waals surface area contributed by atoms with Crippen LogP contribution in [0.5, 0.6) is 5.88 Å². The largest absolute Gasteiger partial charge is 0.471 e. The molecule has 1 aromatic carbocycles. The first kappa shape index (κ1) is 21.3. The van der Waals surface area contributed by atoms with Crippen molar-refractivity contribution in [2.75, 3.05) is 0 Å². The Kier molecular flexibility index (Phi) is 5.22. The normalized spacial score (nSPS) is 21.9. The maximum atomic E-state index is 14.7. The monoisotopic (exact) mass is 458 g/mol. The second-order valence-corrected chi connectivity index (χ2v) is 8.02. The minimum Gasteiger partial charge on any atom is -0.471 e. The summed E-state index contributed by atoms with van der Waals surface area (Å²) in [5.74, 6) is -0.904. The summed E-state index contributed by atoms with van der Waals surface area (Å²) >= 11 is 0. The summed E-state index contributed by atoms with van der Waals surface area (Å²) in [5.41, 5.74) is -0.396. The SMILES string of the molecule is O=C(c1cccc(F)c1-c1ccccn1)N1[C@@H]2CC[C@H]1[C@H](Oc1cnc(C(F)(F)F)cn1)C2. The van der Waals surface area contributed by atoms with E-state index >= 15 is 0 Å². The number of ether oxygens (including phenoxy) is 1. The van der Waals surface area contributed by atoms with E-state index in [1.165, 1.54) is 18.3 Å². The number of rotatable bonds is 4. The van der Waals surface area contributed by atoms with E-state index in [2.05, 4.69) is 15.0 Å². The zero-order valence-corrected chi connectivity index (χ0v) is 17.2. The van der Waals surface area contributed by atoms with Gasteiger partial charge in [-0.3, -0.25) is 9.78 Å². The predicted molar refractivity (Wildman–Crippen MR) is 109 cm³/mol. The number of nitrogens with zero attached hydrogens (tertiary/aromatic N) is 4. The molecule has 2 aliphatic rings. The van der Waals surface area contributed by atoms with Gasteiger partial charge >= 0.3 is 6.18 Å². The highest BCUT2D eigenvalue weighted by Crippen LogP contribution is 2.41. The fourth-order valence-electron chi connectivity index (χ4n) is 4.67. The predicted octanol–water partition coefficient (Wildman–Crippen LogP) is 4.52. The molecule has 2 aromatic heterocycles. The van der Waals surface area contributed by atoms with Crippen LogP contribution in [0, 0.1) is 5.82 Å². The molecule has 3 atom stereocenters. The van der Waals surface area contributed by atoms with E-state index in [0.29, 0.717) is 24.7 Å². The number of alkyl halides is 3. The molecule has 2 fully saturated rings. The van der Waals surface area contributed by atoms with E-state index < -0.39 is 23.8 Å². The van der Waals surface area contributed by atoms with E-state index in [9.17, 15) is 22.4 Å². The first-order valence-corrected chi connectivity index (χ1v) is 10.4. The summed E-state index contributed by atoms with van der Waals surface area (Å²) in [4.78, 5) is 26.5. The van der Waals surface area contributed by atoms with Gasteiger partial charge in [0.15, 0.2) is 5.69 Å². The molecule has 2 bridgehead atoms. The van der Waals surface area contributed by atoms with E-state index in [-0.39, 0.29) is 35.0 Å². The van der Waals surface area contributed by atoms with Crippen molar-refractivity contribution in [3.05, 3.63) is 72.1 Å². The lowest BCUT2D eigenvalue weighted by Gasteiger charge is -2.25. The molecule has 170 valence electrons. The molecule has 0 spiro atoms. The fraction of sp³-hybridized carbons (Fsp3) is 0.304. The molecule has 10 heteroatoms. The zero-order valence-electron chi connectivity index (χ0n) is 17.2. The van der Waals surface area contributed by atoms with Gasteiger partial charge in [0, 0.05) is 24.2 Å². The van der Waals surface area contributed by atoms with Gasteiger partial charge in [-0.05, 0) is 37.1 Å². The second kappa shape index (κ2) is 8.09. The van der Waals surface area contributed by atoms with Crippen LogP contribution in [0.15, 0.2) is 55.0 Å². The van der Waals surface area contributed by atoms with Gasteiger partial charge in [-0.1, -0.05) is 12.1 Å². The molecule has 0 radical (unpaired) electrons. The molecule has 33 heavy (non-hydrogen) atoms. The number of amides is 1. The van der Waals surface area contributed by atoms with Gasteiger partial charge in [-0.2, -0.15) is 13.2 Å². The molecule has 6 nitrogen and oxygen atoms in total. The number of carbonyl (C=O) groups excluding carboxylic acids is 1. The molecule has 4 heterocycles. The Balaban J connectivity index is 1.39. The lowest BCUT2D eigenvalue weighted by molar-refractivity contribution is -0.141. The minimum absolute atomic E-state index is 0.0344. The molecule has 3 aromatic rings. The van der Waals surface area contributed by atoms with Gasteiger partial charge in [0.1, 0.15) is 11.9 Å². The van der Waals surface area contributed by atoms with Crippen molar-refractivity contribution in [3.63, 3.8) is 0 Å². The minimum atomic E-state index is -4.59. The summed E-state index contributed by atoms with van der Waals surface area (Å²) in [6, 6.07) is 9.00. The first-order valence-electron chi connectivity index (χ1n) is 10.4. The quantitative estimate of drug-likeness (QED) is 0.538. The van der Waals surface area contributed by atoms with Crippen LogP contribution >= 0.6 is 0 Å². The maximum absolute atomic E-state index is 14.7. The Hall–Kier alpha value is -3.56. The first-order chi connectivity index (χ1) is 15.8. The van der Waals surface area contributed by atoms with Gasteiger partial charge in [-0.25, -0.2) is 14.4 Å². The number of carbonyl (C=O) groups is 1. The molecule has 0 saturated carbocycles. The molecule has 1 amide bonds. The van der Waals surface area contributed by atoms with Gasteiger partial charge in [0.2, 0.25) is 5.88 Å². The number of fused-ring (bicyclic) bond motifs is 2. The Morgan fingerprint density at radius 3 is 2.58 bits per heavy atom. The number of pyridine rings is 1. The summed E-state index contributed by atoms with van der Waals surface area (Å²) in [6.45, 7) is 0. The molecule has 0 N–H and O–H groups in total. The van der Waals surface area contributed by atoms with Crippen molar-refractivity contribution in [3.8, 4) is 17.1 Å². The lowest BCUT2D eigenvalue weighted by atomic mass is 9.98. The summed E-state index contributed by atoms with van der Waals surface area (Å²) in [7, 11) is 0. The Morgan fingerprint density at radius 2 is 1.88 bits per heavy atom. The Labute approximate surface area is 186 Å². The van der Waals surface area contributed by atoms with Crippen LogP contribution in [-0.4, -0.2) is 43.9 Å². The fourth-order valence-corrected chi connectivity index (χ4v) is 4.67. The average Bonchev–Trinajstić information content (AvgIpc) is 3.36. The highest BCUT2D eigenvalue weighted by molar-refractivity contribution is 6.01. The number of hydrogen-bond donors (Lipinski definition) is 0. The number of aromatic nitrogens is 3. The Bertz CT molecular complexity index is 1170. The smallest absolute Gasteiger partial charge is 0.434 e. The highest BCUT2D eigenvalue weighted by atomic mass is 19.4. The van der Waals surface area contributed by atoms with Crippen LogP contribution in [0.25, 0.3) is 11.3 Å². The molecule has 0 aliphatic carbocycles. The van der Waals surface area contributed by atoms with Crippen LogP contribution in [0.3, 0.4) is 0 Å². The molecule has 0 unspecified atom stereocenters. The van der Waals surface area contributed by atoms with Crippen molar-refractivity contribution in [1.29, 1.82) is 0 Å². The van der Waals surface area contributed by atoms with E-state index in [1.54, 1.807) is 29.2 Å². The van der Waals surface area contributed by atoms with Crippen molar-refractivity contribution >= 4 is 5.91 Å². The van der Waals surface area contributed by atoms with Crippen molar-refractivity contribution in [1.82, 2.24) is 19.9 Å². The molecule has 2 aliphatic heterocycles. The summed E-state index contributed by atoms with van der Waals surface area (Å²) < 4.78 is 58.7. The van der Waals surface area contributed by atoms with Crippen LogP contribution in [-0.2, 0) is 6.18 Å². The van der Waals surface area contributed by atoms with Gasteiger partial charge in [-0.15, -0.1) is 0 Å². The summed E-state index contributed by atoms with van der Waals surface area (Å²) in [5, 5.41) is 0. The zero-order chi connectivity index (χ0) is 23.2. The van der Waals surface area contributed by atoms with E-state index in [1.807, 2.05) is 0 Å². The van der Waals surface area contributed by atoms with Crippen LogP contribution in [0.1, 0.15) is 35.3 Å². The maximum Gasteiger partial charge on any atom is 0.434 e. The van der Waals surface area contributed by atoms with Crippen LogP contribution < -0.4 is 4.74 Å². The topological polar surface area (TPSA) is 68.2 Å². The molecular weight excluding hydrogens is 440 g/mol. The average molecular weight is 458 g/mol. The molecule has 5 rings (SSSR count). The molecule has 2 saturated heterocycles. The van der Waals surface area contributed by atoms with Crippen LogP contribution in [0.4, 0.5) is 17.6 Å². The third kappa shape index (κ3) is 3.90. The van der Waals surface area contributed by atoms with Crippen molar-refractivity contribution in [2.24, 2.45) is 0 Å². The van der Waals surface area contributed by atoms with Gasteiger partial charge in [0.25, 0.3) is 5.91 Å². The van der Waals surface area contributed by atoms with Crippen molar-refractivity contribution in [2.45, 2.75) is 43.6 Å². The van der Waals surface area contributed by atoms with Crippen LogP contribution in [0.2, 0.25) is 0 Å². The van der Waals surface area contributed by atoms with Gasteiger partial charge < -0.3 is 9.64 Å².